The third kappa shape index (κ3) is 4.08. The first-order valence-electron chi connectivity index (χ1n) is 10.9. The molecule has 1 heterocycles. The van der Waals surface area contributed by atoms with Gasteiger partial charge in [0.1, 0.15) is 5.75 Å². The van der Waals surface area contributed by atoms with Crippen LogP contribution in [0.25, 0.3) is 0 Å². The summed E-state index contributed by atoms with van der Waals surface area (Å²) in [5, 5.41) is 4.01. The Labute approximate surface area is 183 Å². The van der Waals surface area contributed by atoms with Gasteiger partial charge in [-0.25, -0.2) is 0 Å². The van der Waals surface area contributed by atoms with Crippen LogP contribution in [0.2, 0.25) is 5.02 Å². The highest BCUT2D eigenvalue weighted by atomic mass is 35.5. The van der Waals surface area contributed by atoms with Gasteiger partial charge in [-0.15, -0.1) is 0 Å². The number of ether oxygens (including phenoxy) is 2. The van der Waals surface area contributed by atoms with Crippen LogP contribution in [-0.2, 0) is 20.4 Å². The fraction of sp³-hybridized carbons (Fsp3) is 0.480. The lowest BCUT2D eigenvalue weighted by Crippen LogP contribution is -2.53. The minimum Gasteiger partial charge on any atom is -0.494 e. The lowest BCUT2D eigenvalue weighted by molar-refractivity contribution is -0.130. The Balaban J connectivity index is 1.53. The second-order valence-corrected chi connectivity index (χ2v) is 8.92. The molecule has 1 N–H and O–H groups in total. The lowest BCUT2D eigenvalue weighted by Gasteiger charge is -2.43. The highest BCUT2D eigenvalue weighted by Gasteiger charge is 2.46. The van der Waals surface area contributed by atoms with Crippen molar-refractivity contribution in [2.75, 3.05) is 26.4 Å². The van der Waals surface area contributed by atoms with Gasteiger partial charge in [-0.1, -0.05) is 42.3 Å². The van der Waals surface area contributed by atoms with Crippen molar-refractivity contribution in [1.29, 1.82) is 0 Å². The summed E-state index contributed by atoms with van der Waals surface area (Å²) in [6, 6.07) is 16.1. The second-order valence-electron chi connectivity index (χ2n) is 8.48. The van der Waals surface area contributed by atoms with Crippen LogP contribution in [0.15, 0.2) is 48.5 Å². The highest BCUT2D eigenvalue weighted by molar-refractivity contribution is 6.30. The van der Waals surface area contributed by atoms with E-state index in [0.717, 1.165) is 43.4 Å². The van der Waals surface area contributed by atoms with Gasteiger partial charge in [0.15, 0.2) is 0 Å². The van der Waals surface area contributed by atoms with Crippen LogP contribution in [0.5, 0.6) is 5.75 Å². The van der Waals surface area contributed by atoms with Crippen LogP contribution in [0, 0.1) is 0 Å². The van der Waals surface area contributed by atoms with Crippen molar-refractivity contribution >= 4 is 17.5 Å². The molecule has 1 saturated carbocycles. The Morgan fingerprint density at radius 1 is 1.07 bits per heavy atom. The van der Waals surface area contributed by atoms with Crippen molar-refractivity contribution in [3.8, 4) is 5.75 Å². The fourth-order valence-corrected chi connectivity index (χ4v) is 4.97. The van der Waals surface area contributed by atoms with Crippen LogP contribution in [0.1, 0.15) is 50.2 Å². The summed E-state index contributed by atoms with van der Waals surface area (Å²) in [6.07, 6.45) is 4.60. The molecular weight excluding hydrogens is 398 g/mol. The molecule has 1 saturated heterocycles. The van der Waals surface area contributed by atoms with E-state index in [9.17, 15) is 4.79 Å². The number of amides is 1. The molecular formula is C25H30ClNO3. The van der Waals surface area contributed by atoms with Gasteiger partial charge in [0.25, 0.3) is 0 Å². The number of carbonyl (C=O) groups is 1. The number of benzene rings is 2. The Morgan fingerprint density at radius 3 is 2.40 bits per heavy atom. The Kier molecular flexibility index (Phi) is 6.35. The molecule has 0 unspecified atom stereocenters. The fourth-order valence-electron chi connectivity index (χ4n) is 4.78. The Hall–Kier alpha value is -2.04. The molecule has 2 fully saturated rings. The smallest absolute Gasteiger partial charge is 0.230 e. The Bertz CT molecular complexity index is 870. The number of halogens is 1. The molecule has 0 radical (unpaired) electrons. The van der Waals surface area contributed by atoms with E-state index in [1.807, 2.05) is 43.3 Å². The van der Waals surface area contributed by atoms with Crippen molar-refractivity contribution < 1.29 is 14.3 Å². The molecule has 0 aromatic heterocycles. The average molecular weight is 428 g/mol. The topological polar surface area (TPSA) is 47.6 Å². The minimum absolute atomic E-state index is 0.113. The van der Waals surface area contributed by atoms with Gasteiger partial charge >= 0.3 is 0 Å². The molecule has 4 rings (SSSR count). The van der Waals surface area contributed by atoms with Crippen LogP contribution in [0.4, 0.5) is 0 Å². The summed E-state index contributed by atoms with van der Waals surface area (Å²) in [6.45, 7) is 4.68. The predicted molar refractivity (Wildman–Crippen MR) is 119 cm³/mol. The first-order valence-corrected chi connectivity index (χ1v) is 11.3. The zero-order valence-corrected chi connectivity index (χ0v) is 18.3. The number of hydrogen-bond acceptors (Lipinski definition) is 3. The summed E-state index contributed by atoms with van der Waals surface area (Å²) in [5.41, 5.74) is 1.70. The van der Waals surface area contributed by atoms with Crippen molar-refractivity contribution in [2.45, 2.75) is 49.9 Å². The van der Waals surface area contributed by atoms with Gasteiger partial charge in [-0.05, 0) is 68.0 Å². The number of carbonyl (C=O) groups excluding carboxylic acids is 1. The summed E-state index contributed by atoms with van der Waals surface area (Å²) in [7, 11) is 0. The van der Waals surface area contributed by atoms with E-state index >= 15 is 0 Å². The molecule has 4 nitrogen and oxygen atoms in total. The molecule has 160 valence electrons. The van der Waals surface area contributed by atoms with E-state index in [4.69, 9.17) is 21.1 Å². The summed E-state index contributed by atoms with van der Waals surface area (Å²) >= 11 is 6.22. The zero-order chi connectivity index (χ0) is 21.0. The molecule has 2 aliphatic rings. The van der Waals surface area contributed by atoms with Crippen molar-refractivity contribution in [3.05, 3.63) is 64.7 Å². The van der Waals surface area contributed by atoms with Gasteiger partial charge in [-0.2, -0.15) is 0 Å². The maximum atomic E-state index is 13.4. The first-order chi connectivity index (χ1) is 14.6. The lowest BCUT2D eigenvalue weighted by atomic mass is 9.63. The van der Waals surface area contributed by atoms with E-state index in [1.54, 1.807) is 0 Å². The van der Waals surface area contributed by atoms with E-state index in [1.165, 1.54) is 5.56 Å². The number of hydrogen-bond donors (Lipinski definition) is 1. The van der Waals surface area contributed by atoms with Gasteiger partial charge in [0.2, 0.25) is 5.91 Å². The molecule has 0 bridgehead atoms. The quantitative estimate of drug-likeness (QED) is 0.674. The zero-order valence-electron chi connectivity index (χ0n) is 17.6. The maximum Gasteiger partial charge on any atom is 0.230 e. The van der Waals surface area contributed by atoms with Crippen LogP contribution in [-0.4, -0.2) is 32.3 Å². The second kappa shape index (κ2) is 8.99. The average Bonchev–Trinajstić information content (AvgIpc) is 2.73. The molecule has 30 heavy (non-hydrogen) atoms. The molecule has 0 spiro atoms. The van der Waals surface area contributed by atoms with Crippen LogP contribution >= 0.6 is 11.6 Å². The molecule has 5 heteroatoms. The molecule has 1 aliphatic heterocycles. The SMILES string of the molecule is CCOc1ccc(C2(CNC(=O)C3(c4cccc(Cl)c4)CCC3)CCOCC2)cc1. The molecule has 1 amide bonds. The molecule has 1 aliphatic carbocycles. The van der Waals surface area contributed by atoms with E-state index in [-0.39, 0.29) is 11.3 Å². The Morgan fingerprint density at radius 2 is 1.80 bits per heavy atom. The van der Waals surface area contributed by atoms with Gasteiger partial charge < -0.3 is 14.8 Å². The number of rotatable bonds is 7. The van der Waals surface area contributed by atoms with Gasteiger partial charge in [-0.3, -0.25) is 4.79 Å². The maximum absolute atomic E-state index is 13.4. The summed E-state index contributed by atoms with van der Waals surface area (Å²) < 4.78 is 11.2. The van der Waals surface area contributed by atoms with Crippen molar-refractivity contribution in [2.24, 2.45) is 0 Å². The number of nitrogens with one attached hydrogen (secondary N) is 1. The van der Waals surface area contributed by atoms with Crippen LogP contribution < -0.4 is 10.1 Å². The van der Waals surface area contributed by atoms with E-state index in [0.29, 0.717) is 31.4 Å². The van der Waals surface area contributed by atoms with E-state index in [2.05, 4.69) is 17.4 Å². The van der Waals surface area contributed by atoms with E-state index < -0.39 is 5.41 Å². The summed E-state index contributed by atoms with van der Waals surface area (Å²) in [5.74, 6) is 0.995. The van der Waals surface area contributed by atoms with Crippen molar-refractivity contribution in [1.82, 2.24) is 5.32 Å². The van der Waals surface area contributed by atoms with Crippen molar-refractivity contribution in [3.63, 3.8) is 0 Å². The standard InChI is InChI=1S/C25H30ClNO3/c1-2-30-22-9-7-19(8-10-22)24(13-15-29-16-14-24)18-27-23(28)25(11-4-12-25)20-5-3-6-21(26)17-20/h3,5-10,17H,2,4,11-16,18H2,1H3,(H,27,28). The molecule has 2 aromatic rings. The normalized spacial score (nSPS) is 19.5. The monoisotopic (exact) mass is 427 g/mol. The van der Waals surface area contributed by atoms with Gasteiger partial charge in [0.05, 0.1) is 12.0 Å². The van der Waals surface area contributed by atoms with Gasteiger partial charge in [0, 0.05) is 30.2 Å². The molecule has 0 atom stereocenters. The predicted octanol–water partition coefficient (Wildman–Crippen LogP) is 5.03. The molecule has 2 aromatic carbocycles. The third-order valence-corrected chi connectivity index (χ3v) is 7.07. The van der Waals surface area contributed by atoms with Crippen LogP contribution in [0.3, 0.4) is 0 Å². The first kappa shape index (κ1) is 21.2. The summed E-state index contributed by atoms with van der Waals surface area (Å²) in [4.78, 5) is 13.4. The third-order valence-electron chi connectivity index (χ3n) is 6.83. The highest BCUT2D eigenvalue weighted by Crippen LogP contribution is 2.45. The minimum atomic E-state index is -0.448. The largest absolute Gasteiger partial charge is 0.494 e.